The number of amides is 1. The molecule has 1 aliphatic carbocycles. The van der Waals surface area contributed by atoms with E-state index < -0.39 is 0 Å². The highest BCUT2D eigenvalue weighted by molar-refractivity contribution is 6.04. The molecule has 0 bridgehead atoms. The van der Waals surface area contributed by atoms with Gasteiger partial charge in [0.1, 0.15) is 11.7 Å². The van der Waals surface area contributed by atoms with E-state index in [1.54, 1.807) is 24.4 Å². The number of anilines is 2. The van der Waals surface area contributed by atoms with Crippen molar-refractivity contribution in [3.8, 4) is 17.3 Å². The molecule has 142 valence electrons. The molecule has 7 nitrogen and oxygen atoms in total. The monoisotopic (exact) mass is 367 g/mol. The lowest BCUT2D eigenvalue weighted by molar-refractivity contribution is -0.120. The zero-order valence-electron chi connectivity index (χ0n) is 16.1. The molecular weight excluding hydrogens is 342 g/mol. The second-order valence-corrected chi connectivity index (χ2v) is 7.16. The van der Waals surface area contributed by atoms with Crippen molar-refractivity contribution in [2.24, 2.45) is 0 Å². The second-order valence-electron chi connectivity index (χ2n) is 7.16. The highest BCUT2D eigenvalue weighted by Crippen LogP contribution is 2.40. The van der Waals surface area contributed by atoms with Crippen molar-refractivity contribution in [3.05, 3.63) is 24.5 Å². The molecule has 1 fully saturated rings. The van der Waals surface area contributed by atoms with E-state index in [1.807, 2.05) is 19.2 Å². The predicted octanol–water partition coefficient (Wildman–Crippen LogP) is 3.05. The van der Waals surface area contributed by atoms with Gasteiger partial charge in [-0.05, 0) is 25.3 Å². The summed E-state index contributed by atoms with van der Waals surface area (Å²) in [5.74, 6) is 2.13. The van der Waals surface area contributed by atoms with E-state index in [-0.39, 0.29) is 11.9 Å². The van der Waals surface area contributed by atoms with E-state index in [9.17, 15) is 4.79 Å². The summed E-state index contributed by atoms with van der Waals surface area (Å²) in [4.78, 5) is 30.5. The minimum Gasteiger partial charge on any atom is -0.481 e. The van der Waals surface area contributed by atoms with E-state index in [1.165, 1.54) is 12.8 Å². The van der Waals surface area contributed by atoms with Gasteiger partial charge < -0.3 is 14.5 Å². The zero-order chi connectivity index (χ0) is 19.0. The average Bonchev–Trinajstić information content (AvgIpc) is 3.24. The van der Waals surface area contributed by atoms with Crippen LogP contribution in [-0.2, 0) is 4.79 Å². The highest BCUT2D eigenvalue weighted by atomic mass is 16.5. The third kappa shape index (κ3) is 3.01. The normalized spacial score (nSPS) is 20.1. The molecule has 1 saturated carbocycles. The van der Waals surface area contributed by atoms with Gasteiger partial charge in [0.25, 0.3) is 0 Å². The summed E-state index contributed by atoms with van der Waals surface area (Å²) >= 11 is 0. The molecule has 0 aromatic carbocycles. The number of carbonyl (C=O) groups is 1. The Kier molecular flexibility index (Phi) is 4.68. The predicted molar refractivity (Wildman–Crippen MR) is 104 cm³/mol. The number of likely N-dealkylation sites (N-methyl/N-ethyl adjacent to an activating group) is 1. The quantitative estimate of drug-likeness (QED) is 0.827. The van der Waals surface area contributed by atoms with Gasteiger partial charge in [-0.2, -0.15) is 0 Å². The average molecular weight is 367 g/mol. The summed E-state index contributed by atoms with van der Waals surface area (Å²) < 4.78 is 5.23. The lowest BCUT2D eigenvalue weighted by Crippen LogP contribution is -2.55. The Bertz CT molecular complexity index is 850. The fourth-order valence-electron chi connectivity index (χ4n) is 4.18. The Morgan fingerprint density at radius 3 is 2.74 bits per heavy atom. The molecule has 0 radical (unpaired) electrons. The van der Waals surface area contributed by atoms with E-state index in [0.29, 0.717) is 17.7 Å². The molecule has 7 heteroatoms. The van der Waals surface area contributed by atoms with Crippen LogP contribution in [-0.4, -0.2) is 47.1 Å². The Balaban J connectivity index is 1.83. The number of methoxy groups -OCH3 is 1. The van der Waals surface area contributed by atoms with Gasteiger partial charge in [0, 0.05) is 30.9 Å². The van der Waals surface area contributed by atoms with Crippen LogP contribution in [0.5, 0.6) is 5.88 Å². The summed E-state index contributed by atoms with van der Waals surface area (Å²) in [7, 11) is 3.41. The van der Waals surface area contributed by atoms with Gasteiger partial charge in [-0.25, -0.2) is 15.0 Å². The van der Waals surface area contributed by atoms with Crippen LogP contribution in [0.4, 0.5) is 11.5 Å². The van der Waals surface area contributed by atoms with Crippen LogP contribution in [0.3, 0.4) is 0 Å². The maximum Gasteiger partial charge on any atom is 0.249 e. The molecule has 0 unspecified atom stereocenters. The van der Waals surface area contributed by atoms with Crippen LogP contribution in [0.1, 0.15) is 39.0 Å². The molecule has 27 heavy (non-hydrogen) atoms. The number of fused-ring (bicyclic) bond motifs is 1. The number of rotatable bonds is 4. The topological polar surface area (TPSA) is 71.5 Å². The third-order valence-electron chi connectivity index (χ3n) is 5.61. The molecule has 1 atom stereocenters. The zero-order valence-corrected chi connectivity index (χ0v) is 16.1. The fraction of sp³-hybridized carbons (Fsp3) is 0.500. The SMILES string of the molecule is CC[C@@H]1C(=O)N(C)c2cnc(-c3ccnc(OC)c3)nc2N1C1CCCC1. The molecule has 0 N–H and O–H groups in total. The number of ether oxygens (including phenoxy) is 1. The highest BCUT2D eigenvalue weighted by Gasteiger charge is 2.41. The van der Waals surface area contributed by atoms with Gasteiger partial charge in [0.15, 0.2) is 11.6 Å². The second kappa shape index (κ2) is 7.13. The first kappa shape index (κ1) is 17.7. The van der Waals surface area contributed by atoms with Crippen LogP contribution >= 0.6 is 0 Å². The van der Waals surface area contributed by atoms with Gasteiger partial charge in [0.2, 0.25) is 11.8 Å². The van der Waals surface area contributed by atoms with Crippen molar-refractivity contribution in [1.29, 1.82) is 0 Å². The first-order valence-electron chi connectivity index (χ1n) is 9.57. The third-order valence-corrected chi connectivity index (χ3v) is 5.61. The number of nitrogens with zero attached hydrogens (tertiary/aromatic N) is 5. The Morgan fingerprint density at radius 2 is 2.04 bits per heavy atom. The lowest BCUT2D eigenvalue weighted by Gasteiger charge is -2.43. The summed E-state index contributed by atoms with van der Waals surface area (Å²) in [6.07, 6.45) is 8.84. The summed E-state index contributed by atoms with van der Waals surface area (Å²) in [6.45, 7) is 2.07. The minimum absolute atomic E-state index is 0.124. The van der Waals surface area contributed by atoms with E-state index in [2.05, 4.69) is 21.8 Å². The molecule has 1 aliphatic heterocycles. The maximum absolute atomic E-state index is 12.9. The van der Waals surface area contributed by atoms with Gasteiger partial charge in [-0.1, -0.05) is 19.8 Å². The Hall–Kier alpha value is -2.70. The number of aromatic nitrogens is 3. The molecule has 1 amide bonds. The van der Waals surface area contributed by atoms with Gasteiger partial charge in [-0.3, -0.25) is 4.79 Å². The molecule has 0 saturated heterocycles. The van der Waals surface area contributed by atoms with Gasteiger partial charge in [-0.15, -0.1) is 0 Å². The molecule has 2 aliphatic rings. The van der Waals surface area contributed by atoms with E-state index in [4.69, 9.17) is 9.72 Å². The van der Waals surface area contributed by atoms with Crippen LogP contribution in [0, 0.1) is 0 Å². The lowest BCUT2D eigenvalue weighted by atomic mass is 10.0. The van der Waals surface area contributed by atoms with Gasteiger partial charge >= 0.3 is 0 Å². The van der Waals surface area contributed by atoms with E-state index in [0.717, 1.165) is 36.3 Å². The molecular formula is C20H25N5O2. The van der Waals surface area contributed by atoms with Crippen molar-refractivity contribution < 1.29 is 9.53 Å². The Labute approximate surface area is 159 Å². The first-order chi connectivity index (χ1) is 13.1. The standard InChI is InChI=1S/C20H25N5O2/c1-4-15-20(26)24(2)16-12-22-18(13-9-10-21-17(11-13)27-3)23-19(16)25(15)14-7-5-6-8-14/h9-12,14-15H,4-8H2,1-3H3/t15-/m1/s1. The van der Waals surface area contributed by atoms with Crippen molar-refractivity contribution in [2.75, 3.05) is 24.0 Å². The molecule has 3 heterocycles. The number of carbonyl (C=O) groups excluding carboxylic acids is 1. The van der Waals surface area contributed by atoms with Crippen LogP contribution < -0.4 is 14.5 Å². The Morgan fingerprint density at radius 1 is 1.26 bits per heavy atom. The van der Waals surface area contributed by atoms with Crippen LogP contribution in [0.15, 0.2) is 24.5 Å². The van der Waals surface area contributed by atoms with Crippen molar-refractivity contribution in [2.45, 2.75) is 51.1 Å². The minimum atomic E-state index is -0.166. The van der Waals surface area contributed by atoms with Crippen molar-refractivity contribution in [3.63, 3.8) is 0 Å². The maximum atomic E-state index is 12.9. The van der Waals surface area contributed by atoms with Crippen molar-refractivity contribution >= 4 is 17.4 Å². The summed E-state index contributed by atoms with van der Waals surface area (Å²) in [6, 6.07) is 3.90. The molecule has 2 aromatic rings. The summed E-state index contributed by atoms with van der Waals surface area (Å²) in [5, 5.41) is 0. The largest absolute Gasteiger partial charge is 0.481 e. The fourth-order valence-corrected chi connectivity index (χ4v) is 4.18. The number of hydrogen-bond donors (Lipinski definition) is 0. The van der Waals surface area contributed by atoms with Crippen LogP contribution in [0.2, 0.25) is 0 Å². The first-order valence-corrected chi connectivity index (χ1v) is 9.57. The smallest absolute Gasteiger partial charge is 0.249 e. The number of pyridine rings is 1. The van der Waals surface area contributed by atoms with Crippen LogP contribution in [0.25, 0.3) is 11.4 Å². The summed E-state index contributed by atoms with van der Waals surface area (Å²) in [5.41, 5.74) is 1.63. The van der Waals surface area contributed by atoms with Crippen molar-refractivity contribution in [1.82, 2.24) is 15.0 Å². The van der Waals surface area contributed by atoms with E-state index >= 15 is 0 Å². The molecule has 0 spiro atoms. The molecule has 2 aromatic heterocycles. The number of hydrogen-bond acceptors (Lipinski definition) is 6. The van der Waals surface area contributed by atoms with Gasteiger partial charge in [0.05, 0.1) is 13.3 Å². The molecule has 4 rings (SSSR count).